The summed E-state index contributed by atoms with van der Waals surface area (Å²) in [7, 11) is 0. The van der Waals surface area contributed by atoms with E-state index in [1.165, 1.54) is 31.2 Å². The molecule has 0 spiro atoms. The van der Waals surface area contributed by atoms with E-state index in [0.29, 0.717) is 11.3 Å². The van der Waals surface area contributed by atoms with Crippen LogP contribution in [0.2, 0.25) is 0 Å². The van der Waals surface area contributed by atoms with Gasteiger partial charge in [-0.25, -0.2) is 0 Å². The van der Waals surface area contributed by atoms with Gasteiger partial charge in [0.1, 0.15) is 0 Å². The molecule has 2 nitrogen and oxygen atoms in total. The molecule has 0 amide bonds. The molecule has 8 atom stereocenters. The zero-order valence-electron chi connectivity index (χ0n) is 19.1. The van der Waals surface area contributed by atoms with Crippen LogP contribution in [0.3, 0.4) is 0 Å². The van der Waals surface area contributed by atoms with Crippen LogP contribution in [-0.2, 0) is 6.42 Å². The summed E-state index contributed by atoms with van der Waals surface area (Å²) < 4.78 is 0. The topological polar surface area (TPSA) is 40.5 Å². The number of aliphatic hydroxyl groups is 2. The van der Waals surface area contributed by atoms with Gasteiger partial charge in [-0.2, -0.15) is 0 Å². The lowest BCUT2D eigenvalue weighted by Gasteiger charge is -2.59. The lowest BCUT2D eigenvalue weighted by atomic mass is 9.46. The second-order valence-electron chi connectivity index (χ2n) is 11.8. The Morgan fingerprint density at radius 1 is 1.00 bits per heavy atom. The summed E-state index contributed by atoms with van der Waals surface area (Å²) in [5.41, 5.74) is 2.70. The monoisotopic (exact) mass is 408 g/mol. The molecule has 3 fully saturated rings. The molecule has 3 saturated carbocycles. The first kappa shape index (κ1) is 20.8. The van der Waals surface area contributed by atoms with E-state index in [2.05, 4.69) is 57.2 Å². The predicted octanol–water partition coefficient (Wildman–Crippen LogP) is 5.92. The molecule has 0 bridgehead atoms. The maximum absolute atomic E-state index is 11.7. The van der Waals surface area contributed by atoms with Gasteiger partial charge in [-0.1, -0.05) is 55.8 Å². The van der Waals surface area contributed by atoms with Gasteiger partial charge in [0.2, 0.25) is 0 Å². The van der Waals surface area contributed by atoms with Crippen LogP contribution in [0.25, 0.3) is 0 Å². The van der Waals surface area contributed by atoms with Crippen LogP contribution < -0.4 is 0 Å². The second kappa shape index (κ2) is 7.20. The number of fused-ring (bicyclic) bond motifs is 5. The minimum absolute atomic E-state index is 0.126. The van der Waals surface area contributed by atoms with Crippen molar-refractivity contribution < 1.29 is 10.2 Å². The number of rotatable bonds is 3. The fourth-order valence-corrected chi connectivity index (χ4v) is 8.80. The average molecular weight is 409 g/mol. The third kappa shape index (κ3) is 3.13. The van der Waals surface area contributed by atoms with E-state index in [0.717, 1.165) is 49.9 Å². The molecule has 1 aromatic rings. The molecule has 2 heteroatoms. The first-order valence-electron chi connectivity index (χ1n) is 12.4. The zero-order chi connectivity index (χ0) is 21.1. The zero-order valence-corrected chi connectivity index (χ0v) is 19.1. The minimum atomic E-state index is -0.647. The summed E-state index contributed by atoms with van der Waals surface area (Å²) in [6.07, 6.45) is 12.3. The summed E-state index contributed by atoms with van der Waals surface area (Å²) in [4.78, 5) is 0. The van der Waals surface area contributed by atoms with Gasteiger partial charge in [0.25, 0.3) is 0 Å². The Hall–Kier alpha value is -1.12. The Morgan fingerprint density at radius 2 is 1.77 bits per heavy atom. The Labute approximate surface area is 182 Å². The van der Waals surface area contributed by atoms with Crippen molar-refractivity contribution in [2.24, 2.45) is 34.5 Å². The van der Waals surface area contributed by atoms with Gasteiger partial charge in [-0.3, -0.25) is 0 Å². The third-order valence-electron chi connectivity index (χ3n) is 10.2. The highest BCUT2D eigenvalue weighted by Gasteiger charge is 2.61. The molecule has 30 heavy (non-hydrogen) atoms. The summed E-state index contributed by atoms with van der Waals surface area (Å²) in [5.74, 6) is 2.62. The molecule has 0 radical (unpaired) electrons. The van der Waals surface area contributed by atoms with E-state index in [4.69, 9.17) is 0 Å². The van der Waals surface area contributed by atoms with Crippen LogP contribution >= 0.6 is 0 Å². The highest BCUT2D eigenvalue weighted by atomic mass is 16.3. The lowest BCUT2D eigenvalue weighted by molar-refractivity contribution is -0.101. The third-order valence-corrected chi connectivity index (χ3v) is 10.2. The van der Waals surface area contributed by atoms with Crippen molar-refractivity contribution >= 4 is 0 Å². The average Bonchev–Trinajstić information content (AvgIpc) is 3.07. The molecular weight excluding hydrogens is 368 g/mol. The molecule has 0 saturated heterocycles. The molecule has 4 aliphatic rings. The van der Waals surface area contributed by atoms with E-state index in [1.54, 1.807) is 5.57 Å². The van der Waals surface area contributed by atoms with E-state index >= 15 is 0 Å². The quantitative estimate of drug-likeness (QED) is 0.610. The molecule has 0 aromatic heterocycles. The van der Waals surface area contributed by atoms with Crippen LogP contribution in [0.4, 0.5) is 0 Å². The number of hydrogen-bond acceptors (Lipinski definition) is 2. The largest absolute Gasteiger partial charge is 0.393 e. The molecular formula is C28H40O2. The first-order chi connectivity index (χ1) is 14.2. The number of hydrogen-bond donors (Lipinski definition) is 2. The van der Waals surface area contributed by atoms with Crippen molar-refractivity contribution in [1.82, 2.24) is 0 Å². The molecule has 5 rings (SSSR count). The molecule has 0 heterocycles. The van der Waals surface area contributed by atoms with E-state index < -0.39 is 5.60 Å². The molecule has 2 N–H and O–H groups in total. The summed E-state index contributed by atoms with van der Waals surface area (Å²) in [6.45, 7) is 7.12. The van der Waals surface area contributed by atoms with Gasteiger partial charge in [-0.05, 0) is 98.4 Å². The normalized spacial score (nSPS) is 45.0. The number of allylic oxidation sites excluding steroid dienone is 1. The van der Waals surface area contributed by atoms with Gasteiger partial charge in [-0.15, -0.1) is 0 Å². The highest BCUT2D eigenvalue weighted by molar-refractivity contribution is 5.26. The number of aliphatic hydroxyl groups excluding tert-OH is 1. The van der Waals surface area contributed by atoms with Crippen molar-refractivity contribution in [2.45, 2.75) is 90.3 Å². The molecule has 4 aliphatic carbocycles. The van der Waals surface area contributed by atoms with Gasteiger partial charge < -0.3 is 10.2 Å². The van der Waals surface area contributed by atoms with Crippen LogP contribution in [0.5, 0.6) is 0 Å². The predicted molar refractivity (Wildman–Crippen MR) is 122 cm³/mol. The van der Waals surface area contributed by atoms with Crippen molar-refractivity contribution in [1.29, 1.82) is 0 Å². The van der Waals surface area contributed by atoms with Crippen LogP contribution in [-0.4, -0.2) is 21.9 Å². The van der Waals surface area contributed by atoms with Crippen molar-refractivity contribution in [2.75, 3.05) is 0 Å². The van der Waals surface area contributed by atoms with E-state index in [1.807, 2.05) is 0 Å². The van der Waals surface area contributed by atoms with Crippen LogP contribution in [0, 0.1) is 34.5 Å². The standard InChI is InChI=1S/C28H40O2/c1-26-15-13-21(29)17-20(26)9-10-22-23-11-12-25(27(23,2)16-14-24(22)26)28(3,30)18-19-7-5-4-6-8-19/h4-9,21-25,29-30H,10-18H2,1-3H3/t21?,22-,23-,24-,25-,26-,27-,28?/m0/s1. The lowest BCUT2D eigenvalue weighted by Crippen LogP contribution is -2.53. The summed E-state index contributed by atoms with van der Waals surface area (Å²) >= 11 is 0. The van der Waals surface area contributed by atoms with Gasteiger partial charge in [0.05, 0.1) is 11.7 Å². The summed E-state index contributed by atoms with van der Waals surface area (Å²) in [5, 5.41) is 21.9. The number of benzene rings is 1. The van der Waals surface area contributed by atoms with E-state index in [-0.39, 0.29) is 11.5 Å². The minimum Gasteiger partial charge on any atom is -0.393 e. The first-order valence-corrected chi connectivity index (χ1v) is 12.4. The Bertz CT molecular complexity index is 811. The molecule has 1 aromatic carbocycles. The fourth-order valence-electron chi connectivity index (χ4n) is 8.80. The van der Waals surface area contributed by atoms with Gasteiger partial charge in [0.15, 0.2) is 0 Å². The Morgan fingerprint density at radius 3 is 2.53 bits per heavy atom. The van der Waals surface area contributed by atoms with Crippen molar-refractivity contribution in [3.8, 4) is 0 Å². The van der Waals surface area contributed by atoms with Gasteiger partial charge in [0, 0.05) is 6.42 Å². The smallest absolute Gasteiger partial charge is 0.0693 e. The van der Waals surface area contributed by atoms with Crippen LogP contribution in [0.15, 0.2) is 42.0 Å². The van der Waals surface area contributed by atoms with Crippen molar-refractivity contribution in [3.05, 3.63) is 47.5 Å². The maximum Gasteiger partial charge on any atom is 0.0693 e. The SMILES string of the molecule is CC(O)(Cc1ccccc1)[C@H]1CC[C@H]2[C@@H]3CC=C4CC(O)CC[C@]4(C)[C@H]3CC[C@]12C. The molecule has 164 valence electrons. The van der Waals surface area contributed by atoms with Gasteiger partial charge >= 0.3 is 0 Å². The van der Waals surface area contributed by atoms with Crippen molar-refractivity contribution in [3.63, 3.8) is 0 Å². The van der Waals surface area contributed by atoms with Crippen LogP contribution in [0.1, 0.15) is 77.7 Å². The summed E-state index contributed by atoms with van der Waals surface area (Å²) in [6, 6.07) is 10.5. The highest BCUT2D eigenvalue weighted by Crippen LogP contribution is 2.67. The molecule has 2 unspecified atom stereocenters. The molecule has 0 aliphatic heterocycles. The van der Waals surface area contributed by atoms with E-state index in [9.17, 15) is 10.2 Å². The Balaban J connectivity index is 1.40. The second-order valence-corrected chi connectivity index (χ2v) is 11.8. The fraction of sp³-hybridized carbons (Fsp3) is 0.714. The maximum atomic E-state index is 11.7. The Kier molecular flexibility index (Phi) is 4.99.